The van der Waals surface area contributed by atoms with E-state index in [2.05, 4.69) is 10.3 Å². The molecule has 8 heteroatoms. The summed E-state index contributed by atoms with van der Waals surface area (Å²) in [5.41, 5.74) is 2.43. The maximum atomic E-state index is 12.4. The summed E-state index contributed by atoms with van der Waals surface area (Å²) in [6, 6.07) is 7.47. The average molecular weight is 386 g/mol. The summed E-state index contributed by atoms with van der Waals surface area (Å²) in [5, 5.41) is 5.20. The van der Waals surface area contributed by atoms with Crippen LogP contribution in [-0.2, 0) is 20.8 Å². The number of rotatable bonds is 6. The molecule has 1 aliphatic rings. The van der Waals surface area contributed by atoms with Gasteiger partial charge in [-0.2, -0.15) is 0 Å². The number of carbonyl (C=O) groups is 3. The first-order chi connectivity index (χ1) is 12.9. The molecular formula is C19H22N4O3S. The SMILES string of the molecule is Cc1ccc(NC(=O)CN(C)C(=O)Cc2csc(N3CCCC3=O)n2)cc1. The summed E-state index contributed by atoms with van der Waals surface area (Å²) >= 11 is 1.37. The molecule has 1 fully saturated rings. The normalized spacial score (nSPS) is 13.7. The predicted molar refractivity (Wildman–Crippen MR) is 105 cm³/mol. The number of anilines is 2. The van der Waals surface area contributed by atoms with Gasteiger partial charge in [0.05, 0.1) is 18.7 Å². The summed E-state index contributed by atoms with van der Waals surface area (Å²) in [7, 11) is 1.59. The molecule has 3 rings (SSSR count). The van der Waals surface area contributed by atoms with Gasteiger partial charge >= 0.3 is 0 Å². The van der Waals surface area contributed by atoms with Crippen LogP contribution in [0.5, 0.6) is 0 Å². The Hall–Kier alpha value is -2.74. The van der Waals surface area contributed by atoms with E-state index in [1.54, 1.807) is 17.3 Å². The van der Waals surface area contributed by atoms with Crippen molar-refractivity contribution in [2.75, 3.05) is 30.4 Å². The van der Waals surface area contributed by atoms with Crippen molar-refractivity contribution < 1.29 is 14.4 Å². The van der Waals surface area contributed by atoms with E-state index in [0.717, 1.165) is 12.0 Å². The zero-order valence-corrected chi connectivity index (χ0v) is 16.2. The van der Waals surface area contributed by atoms with Crippen molar-refractivity contribution in [3.05, 3.63) is 40.9 Å². The van der Waals surface area contributed by atoms with Crippen LogP contribution in [0.15, 0.2) is 29.6 Å². The second-order valence-electron chi connectivity index (χ2n) is 6.61. The predicted octanol–water partition coefficient (Wildman–Crippen LogP) is 2.22. The van der Waals surface area contributed by atoms with Gasteiger partial charge in [-0.3, -0.25) is 19.3 Å². The Labute approximate surface area is 162 Å². The van der Waals surface area contributed by atoms with Crippen molar-refractivity contribution in [3.63, 3.8) is 0 Å². The van der Waals surface area contributed by atoms with E-state index in [1.807, 2.05) is 31.2 Å². The highest BCUT2D eigenvalue weighted by Crippen LogP contribution is 2.25. The molecule has 27 heavy (non-hydrogen) atoms. The monoisotopic (exact) mass is 386 g/mol. The Morgan fingerprint density at radius 1 is 1.30 bits per heavy atom. The van der Waals surface area contributed by atoms with E-state index in [4.69, 9.17) is 0 Å². The molecule has 2 heterocycles. The third kappa shape index (κ3) is 4.91. The lowest BCUT2D eigenvalue weighted by Crippen LogP contribution is -2.35. The topological polar surface area (TPSA) is 82.6 Å². The highest BCUT2D eigenvalue weighted by Gasteiger charge is 2.24. The van der Waals surface area contributed by atoms with Gasteiger partial charge in [-0.1, -0.05) is 17.7 Å². The molecule has 0 atom stereocenters. The minimum Gasteiger partial charge on any atom is -0.336 e. The molecule has 0 unspecified atom stereocenters. The maximum absolute atomic E-state index is 12.4. The molecule has 0 spiro atoms. The second-order valence-corrected chi connectivity index (χ2v) is 7.45. The average Bonchev–Trinajstić information content (AvgIpc) is 3.25. The Morgan fingerprint density at radius 2 is 2.04 bits per heavy atom. The fourth-order valence-corrected chi connectivity index (χ4v) is 3.65. The number of hydrogen-bond donors (Lipinski definition) is 1. The van der Waals surface area contributed by atoms with Gasteiger partial charge in [-0.25, -0.2) is 4.98 Å². The van der Waals surface area contributed by atoms with Gasteiger partial charge in [-0.15, -0.1) is 11.3 Å². The van der Waals surface area contributed by atoms with Crippen LogP contribution in [0.4, 0.5) is 10.8 Å². The van der Waals surface area contributed by atoms with Gasteiger partial charge in [-0.05, 0) is 25.5 Å². The number of aromatic nitrogens is 1. The molecule has 1 aliphatic heterocycles. The number of likely N-dealkylation sites (N-methyl/N-ethyl adjacent to an activating group) is 1. The number of hydrogen-bond acceptors (Lipinski definition) is 5. The Bertz CT molecular complexity index is 847. The Morgan fingerprint density at radius 3 is 2.70 bits per heavy atom. The van der Waals surface area contributed by atoms with Crippen LogP contribution in [0.3, 0.4) is 0 Å². The van der Waals surface area contributed by atoms with Crippen LogP contribution >= 0.6 is 11.3 Å². The molecule has 1 aromatic heterocycles. The van der Waals surface area contributed by atoms with Crippen LogP contribution in [0.2, 0.25) is 0 Å². The van der Waals surface area contributed by atoms with Gasteiger partial charge in [0.1, 0.15) is 0 Å². The van der Waals surface area contributed by atoms with Gasteiger partial charge < -0.3 is 10.2 Å². The van der Waals surface area contributed by atoms with Gasteiger partial charge in [0.15, 0.2) is 5.13 Å². The minimum absolute atomic E-state index is 0.0334. The first kappa shape index (κ1) is 19.0. The molecule has 7 nitrogen and oxygen atoms in total. The van der Waals surface area contributed by atoms with Gasteiger partial charge in [0.2, 0.25) is 17.7 Å². The minimum atomic E-state index is -0.253. The fraction of sp³-hybridized carbons (Fsp3) is 0.368. The number of nitrogens with one attached hydrogen (secondary N) is 1. The van der Waals surface area contributed by atoms with E-state index in [-0.39, 0.29) is 30.7 Å². The summed E-state index contributed by atoms with van der Waals surface area (Å²) in [6.45, 7) is 2.62. The molecule has 1 aromatic carbocycles. The van der Waals surface area contributed by atoms with Gasteiger partial charge in [0.25, 0.3) is 0 Å². The number of amides is 3. The van der Waals surface area contributed by atoms with Crippen molar-refractivity contribution in [2.45, 2.75) is 26.2 Å². The van der Waals surface area contributed by atoms with Crippen LogP contribution in [0.1, 0.15) is 24.1 Å². The molecular weight excluding hydrogens is 364 g/mol. The van der Waals surface area contributed by atoms with E-state index in [9.17, 15) is 14.4 Å². The second kappa shape index (κ2) is 8.30. The lowest BCUT2D eigenvalue weighted by molar-refractivity contribution is -0.132. The van der Waals surface area contributed by atoms with Crippen molar-refractivity contribution in [3.8, 4) is 0 Å². The van der Waals surface area contributed by atoms with E-state index in [0.29, 0.717) is 29.5 Å². The van der Waals surface area contributed by atoms with Crippen LogP contribution in [0.25, 0.3) is 0 Å². The van der Waals surface area contributed by atoms with Crippen LogP contribution in [0, 0.1) is 6.92 Å². The Kier molecular flexibility index (Phi) is 5.85. The molecule has 2 aromatic rings. The Balaban J connectivity index is 1.51. The zero-order chi connectivity index (χ0) is 19.4. The highest BCUT2D eigenvalue weighted by molar-refractivity contribution is 7.14. The van der Waals surface area contributed by atoms with Crippen molar-refractivity contribution >= 4 is 39.9 Å². The van der Waals surface area contributed by atoms with E-state index in [1.165, 1.54) is 16.2 Å². The van der Waals surface area contributed by atoms with Crippen molar-refractivity contribution in [1.29, 1.82) is 0 Å². The molecule has 0 radical (unpaired) electrons. The van der Waals surface area contributed by atoms with Crippen LogP contribution in [-0.4, -0.2) is 47.7 Å². The molecule has 0 bridgehead atoms. The quantitative estimate of drug-likeness (QED) is 0.825. The molecule has 142 valence electrons. The third-order valence-corrected chi connectivity index (χ3v) is 5.23. The lowest BCUT2D eigenvalue weighted by Gasteiger charge is -2.16. The number of benzene rings is 1. The third-order valence-electron chi connectivity index (χ3n) is 4.32. The van der Waals surface area contributed by atoms with Gasteiger partial charge in [0, 0.05) is 31.1 Å². The van der Waals surface area contributed by atoms with E-state index >= 15 is 0 Å². The smallest absolute Gasteiger partial charge is 0.243 e. The first-order valence-corrected chi connectivity index (χ1v) is 9.65. The number of nitrogens with zero attached hydrogens (tertiary/aromatic N) is 3. The molecule has 0 aliphatic carbocycles. The first-order valence-electron chi connectivity index (χ1n) is 8.77. The fourth-order valence-electron chi connectivity index (χ4n) is 2.78. The number of carbonyl (C=O) groups excluding carboxylic acids is 3. The summed E-state index contributed by atoms with van der Waals surface area (Å²) in [5.74, 6) is -0.373. The molecule has 1 saturated heterocycles. The van der Waals surface area contributed by atoms with Crippen LogP contribution < -0.4 is 10.2 Å². The molecule has 3 amide bonds. The molecule has 0 saturated carbocycles. The zero-order valence-electron chi connectivity index (χ0n) is 15.4. The summed E-state index contributed by atoms with van der Waals surface area (Å²) in [4.78, 5) is 43.7. The maximum Gasteiger partial charge on any atom is 0.243 e. The largest absolute Gasteiger partial charge is 0.336 e. The highest BCUT2D eigenvalue weighted by atomic mass is 32.1. The van der Waals surface area contributed by atoms with Crippen molar-refractivity contribution in [1.82, 2.24) is 9.88 Å². The molecule has 1 N–H and O–H groups in total. The standard InChI is InChI=1S/C19H22N4O3S/c1-13-5-7-14(8-6-13)20-16(24)11-22(2)18(26)10-15-12-27-19(21-15)23-9-3-4-17(23)25/h5-8,12H,3-4,9-11H2,1-2H3,(H,20,24). The van der Waals surface area contributed by atoms with Crippen molar-refractivity contribution in [2.24, 2.45) is 0 Å². The summed E-state index contributed by atoms with van der Waals surface area (Å²) < 4.78 is 0. The van der Waals surface area contributed by atoms with E-state index < -0.39 is 0 Å². The number of aryl methyl sites for hydroxylation is 1. The summed E-state index contributed by atoms with van der Waals surface area (Å²) in [6.07, 6.45) is 1.49. The number of thiazole rings is 1. The lowest BCUT2D eigenvalue weighted by atomic mass is 10.2.